The van der Waals surface area contributed by atoms with Crippen molar-refractivity contribution in [3.63, 3.8) is 0 Å². The van der Waals surface area contributed by atoms with Gasteiger partial charge in [-0.25, -0.2) is 0 Å². The molecule has 31 heavy (non-hydrogen) atoms. The highest BCUT2D eigenvalue weighted by atomic mass is 16.1. The third-order valence-electron chi connectivity index (χ3n) is 5.85. The highest BCUT2D eigenvalue weighted by molar-refractivity contribution is 6.94. The van der Waals surface area contributed by atoms with Gasteiger partial charge in [0.05, 0.1) is 0 Å². The van der Waals surface area contributed by atoms with Crippen molar-refractivity contribution in [2.75, 3.05) is 5.23 Å². The van der Waals surface area contributed by atoms with E-state index in [2.05, 4.69) is 90.2 Å². The predicted octanol–water partition coefficient (Wildman–Crippen LogP) is 5.71. The number of hydrogen-bond acceptors (Lipinski definition) is 2. The van der Waals surface area contributed by atoms with Crippen LogP contribution in [0, 0.1) is 0 Å². The number of carbonyl (C=O) groups excluding carboxylic acids is 1. The lowest BCUT2D eigenvalue weighted by Crippen LogP contribution is -2.42. The summed E-state index contributed by atoms with van der Waals surface area (Å²) in [6, 6.07) is 37.6. The molecule has 0 atom stereocenters. The topological polar surface area (TPSA) is 29.1 Å². The zero-order chi connectivity index (χ0) is 21.2. The van der Waals surface area contributed by atoms with Gasteiger partial charge in [-0.3, -0.25) is 4.79 Å². The summed E-state index contributed by atoms with van der Waals surface area (Å²) in [6.45, 7) is 1.62. The maximum atomic E-state index is 11.8. The van der Waals surface area contributed by atoms with Gasteiger partial charge in [0.1, 0.15) is 0 Å². The van der Waals surface area contributed by atoms with Gasteiger partial charge in [0.25, 0.3) is 0 Å². The maximum absolute atomic E-state index is 11.8. The fourth-order valence-corrected chi connectivity index (χ4v) is 4.35. The quantitative estimate of drug-likeness (QED) is 0.352. The van der Waals surface area contributed by atoms with Crippen LogP contribution in [0.1, 0.15) is 34.0 Å². The van der Waals surface area contributed by atoms with Crippen LogP contribution in [0.2, 0.25) is 0 Å². The predicted molar refractivity (Wildman–Crippen MR) is 131 cm³/mol. The van der Waals surface area contributed by atoms with Gasteiger partial charge in [-0.1, -0.05) is 109 Å². The number of Topliss-reactive ketones (excluding diaryl/α,β-unsaturated/α-hetero) is 1. The number of ketones is 1. The molecule has 5 rings (SSSR count). The Labute approximate surface area is 183 Å². The summed E-state index contributed by atoms with van der Waals surface area (Å²) in [6.07, 6.45) is 0. The molecule has 1 heterocycles. The first-order valence-electron chi connectivity index (χ1n) is 10.5. The molecule has 2 nitrogen and oxygen atoms in total. The van der Waals surface area contributed by atoms with Crippen molar-refractivity contribution in [1.29, 1.82) is 0 Å². The second-order valence-corrected chi connectivity index (χ2v) is 7.82. The number of benzene rings is 4. The molecule has 1 N–H and O–H groups in total. The zero-order valence-electron chi connectivity index (χ0n) is 17.4. The number of anilines is 1. The molecule has 0 unspecified atom stereocenters. The molecule has 0 fully saturated rings. The highest BCUT2D eigenvalue weighted by Gasteiger charge is 2.33. The SMILES string of the molecule is CC(=O)c1ccc(C2=C(c3ccccc3)B(c3ccccc3)Nc3ccccc32)cc1. The summed E-state index contributed by atoms with van der Waals surface area (Å²) in [5.41, 5.74) is 8.96. The van der Waals surface area contributed by atoms with Crippen LogP contribution in [-0.4, -0.2) is 12.6 Å². The van der Waals surface area contributed by atoms with Crippen molar-refractivity contribution in [3.8, 4) is 0 Å². The molecule has 3 heteroatoms. The summed E-state index contributed by atoms with van der Waals surface area (Å²) in [5, 5.41) is 3.78. The van der Waals surface area contributed by atoms with Crippen molar-refractivity contribution in [2.24, 2.45) is 0 Å². The number of nitrogens with one attached hydrogen (secondary N) is 1. The molecule has 0 aromatic heterocycles. The fraction of sp³-hybridized carbons (Fsp3) is 0.0357. The Morgan fingerprint density at radius 1 is 0.677 bits per heavy atom. The Morgan fingerprint density at radius 2 is 1.29 bits per heavy atom. The minimum absolute atomic E-state index is 0.0148. The molecular weight excluding hydrogens is 377 g/mol. The molecule has 4 aromatic rings. The molecule has 1 aliphatic rings. The van der Waals surface area contributed by atoms with Crippen LogP contribution in [0.5, 0.6) is 0 Å². The molecule has 0 amide bonds. The first-order valence-corrected chi connectivity index (χ1v) is 10.5. The number of hydrogen-bond donors (Lipinski definition) is 1. The first-order chi connectivity index (χ1) is 15.2. The molecule has 0 saturated heterocycles. The highest BCUT2D eigenvalue weighted by Crippen LogP contribution is 2.41. The van der Waals surface area contributed by atoms with Crippen LogP contribution in [0.15, 0.2) is 109 Å². The molecule has 0 bridgehead atoms. The number of para-hydroxylation sites is 1. The summed E-state index contributed by atoms with van der Waals surface area (Å²) >= 11 is 0. The van der Waals surface area contributed by atoms with Crippen LogP contribution >= 0.6 is 0 Å². The smallest absolute Gasteiger partial charge is 0.322 e. The van der Waals surface area contributed by atoms with E-state index in [0.29, 0.717) is 0 Å². The average Bonchev–Trinajstić information content (AvgIpc) is 2.84. The van der Waals surface area contributed by atoms with Crippen LogP contribution in [0.3, 0.4) is 0 Å². The Hall–Kier alpha value is -3.85. The summed E-state index contributed by atoms with van der Waals surface area (Å²) in [5.74, 6) is 0.0803. The van der Waals surface area contributed by atoms with E-state index >= 15 is 0 Å². The lowest BCUT2D eigenvalue weighted by molar-refractivity contribution is 0.101. The van der Waals surface area contributed by atoms with Crippen LogP contribution in [0.25, 0.3) is 11.0 Å². The van der Waals surface area contributed by atoms with Crippen molar-refractivity contribution in [2.45, 2.75) is 6.92 Å². The Balaban J connectivity index is 1.82. The van der Waals surface area contributed by atoms with Crippen molar-refractivity contribution in [3.05, 3.63) is 131 Å². The van der Waals surface area contributed by atoms with Gasteiger partial charge >= 0.3 is 6.85 Å². The molecule has 0 radical (unpaired) electrons. The Bertz CT molecular complexity index is 1260. The molecule has 0 aliphatic carbocycles. The van der Waals surface area contributed by atoms with Gasteiger partial charge in [-0.05, 0) is 35.2 Å². The molecule has 4 aromatic carbocycles. The second kappa shape index (κ2) is 8.12. The normalized spacial score (nSPS) is 12.9. The number of rotatable bonds is 4. The Morgan fingerprint density at radius 3 is 1.97 bits per heavy atom. The maximum Gasteiger partial charge on any atom is 0.322 e. The van der Waals surface area contributed by atoms with E-state index in [1.165, 1.54) is 27.6 Å². The molecule has 1 aliphatic heterocycles. The summed E-state index contributed by atoms with van der Waals surface area (Å²) in [7, 11) is 0. The monoisotopic (exact) mass is 399 g/mol. The van der Waals surface area contributed by atoms with Crippen LogP contribution in [0.4, 0.5) is 5.69 Å². The van der Waals surface area contributed by atoms with E-state index < -0.39 is 0 Å². The van der Waals surface area contributed by atoms with Crippen LogP contribution in [-0.2, 0) is 0 Å². The van der Waals surface area contributed by atoms with Gasteiger partial charge in [-0.15, -0.1) is 0 Å². The van der Waals surface area contributed by atoms with Crippen molar-refractivity contribution in [1.82, 2.24) is 0 Å². The van der Waals surface area contributed by atoms with E-state index in [-0.39, 0.29) is 12.6 Å². The second-order valence-electron chi connectivity index (χ2n) is 7.82. The fourth-order valence-electron chi connectivity index (χ4n) is 4.35. The molecule has 0 saturated carbocycles. The Kier molecular flexibility index (Phi) is 5.01. The number of carbonyl (C=O) groups is 1. The van der Waals surface area contributed by atoms with Gasteiger partial charge < -0.3 is 5.23 Å². The first kappa shape index (κ1) is 19.1. The average molecular weight is 399 g/mol. The third kappa shape index (κ3) is 3.59. The lowest BCUT2D eigenvalue weighted by atomic mass is 9.45. The van der Waals surface area contributed by atoms with Gasteiger partial charge in [0, 0.05) is 16.8 Å². The standard InChI is InChI=1S/C28H22BNO/c1-20(31)21-16-18-22(19-17-21)27-25-14-8-9-15-26(25)30-29(24-12-6-3-7-13-24)28(27)23-10-4-2-5-11-23/h2-19,30H,1H3. The summed E-state index contributed by atoms with van der Waals surface area (Å²) < 4.78 is 0. The number of fused-ring (bicyclic) bond motifs is 1. The van der Waals surface area contributed by atoms with E-state index in [9.17, 15) is 4.79 Å². The van der Waals surface area contributed by atoms with Gasteiger partial charge in [-0.2, -0.15) is 0 Å². The largest absolute Gasteiger partial charge is 0.420 e. The van der Waals surface area contributed by atoms with Gasteiger partial charge in [0.15, 0.2) is 5.78 Å². The van der Waals surface area contributed by atoms with E-state index in [4.69, 9.17) is 0 Å². The van der Waals surface area contributed by atoms with E-state index in [1.54, 1.807) is 6.92 Å². The minimum Gasteiger partial charge on any atom is -0.420 e. The summed E-state index contributed by atoms with van der Waals surface area (Å²) in [4.78, 5) is 11.8. The molecule has 148 valence electrons. The molecule has 0 spiro atoms. The van der Waals surface area contributed by atoms with Gasteiger partial charge in [0.2, 0.25) is 0 Å². The minimum atomic E-state index is 0.0148. The lowest BCUT2D eigenvalue weighted by Gasteiger charge is -2.31. The zero-order valence-corrected chi connectivity index (χ0v) is 17.4. The third-order valence-corrected chi connectivity index (χ3v) is 5.85. The molecular formula is C28H22BNO. The van der Waals surface area contributed by atoms with Crippen molar-refractivity contribution < 1.29 is 4.79 Å². The van der Waals surface area contributed by atoms with Crippen molar-refractivity contribution >= 4 is 34.8 Å². The van der Waals surface area contributed by atoms with E-state index in [0.717, 1.165) is 16.8 Å². The van der Waals surface area contributed by atoms with E-state index in [1.807, 2.05) is 24.3 Å². The van der Waals surface area contributed by atoms with Crippen LogP contribution < -0.4 is 10.7 Å².